The SMILES string of the molecule is CCCC(=O)N1c2c(C)cccc2[C@H](Nc2ccccc2C)C[C@@H]1C. The molecular weight excluding hydrogens is 308 g/mol. The number of aryl methyl sites for hydroxylation is 2. The second kappa shape index (κ2) is 7.30. The molecule has 3 nitrogen and oxygen atoms in total. The Morgan fingerprint density at radius 2 is 1.84 bits per heavy atom. The van der Waals surface area contributed by atoms with Crippen LogP contribution >= 0.6 is 0 Å². The van der Waals surface area contributed by atoms with Crippen LogP contribution in [-0.2, 0) is 4.79 Å². The standard InChI is InChI=1S/C22H28N2O/c1-5-9-21(25)24-17(4)14-20(18-12-8-11-16(3)22(18)24)23-19-13-7-6-10-15(19)2/h6-8,10-13,17,20,23H,5,9,14H2,1-4H3/t17-,20+/m0/s1. The van der Waals surface area contributed by atoms with Gasteiger partial charge in [0.1, 0.15) is 0 Å². The smallest absolute Gasteiger partial charge is 0.227 e. The van der Waals surface area contributed by atoms with Gasteiger partial charge < -0.3 is 10.2 Å². The van der Waals surface area contributed by atoms with Crippen molar-refractivity contribution >= 4 is 17.3 Å². The molecule has 0 aliphatic carbocycles. The molecule has 0 unspecified atom stereocenters. The Morgan fingerprint density at radius 1 is 1.12 bits per heavy atom. The van der Waals surface area contributed by atoms with E-state index < -0.39 is 0 Å². The van der Waals surface area contributed by atoms with Crippen molar-refractivity contribution < 1.29 is 4.79 Å². The first-order valence-electron chi connectivity index (χ1n) is 9.26. The third-order valence-electron chi connectivity index (χ3n) is 5.11. The third-order valence-corrected chi connectivity index (χ3v) is 5.11. The van der Waals surface area contributed by atoms with E-state index in [0.29, 0.717) is 6.42 Å². The predicted molar refractivity (Wildman–Crippen MR) is 105 cm³/mol. The van der Waals surface area contributed by atoms with Gasteiger partial charge >= 0.3 is 0 Å². The van der Waals surface area contributed by atoms with Crippen molar-refractivity contribution in [2.75, 3.05) is 10.2 Å². The first-order valence-corrected chi connectivity index (χ1v) is 9.26. The minimum absolute atomic E-state index is 0.189. The molecule has 0 fully saturated rings. The zero-order valence-electron chi connectivity index (χ0n) is 15.7. The fraction of sp³-hybridized carbons (Fsp3) is 0.409. The molecule has 3 rings (SSSR count). The number of carbonyl (C=O) groups excluding carboxylic acids is 1. The van der Waals surface area contributed by atoms with Crippen LogP contribution in [0.4, 0.5) is 11.4 Å². The van der Waals surface area contributed by atoms with E-state index >= 15 is 0 Å². The summed E-state index contributed by atoms with van der Waals surface area (Å²) in [4.78, 5) is 14.8. The van der Waals surface area contributed by atoms with E-state index in [1.54, 1.807) is 0 Å². The molecule has 3 heteroatoms. The molecular formula is C22H28N2O. The number of fused-ring (bicyclic) bond motifs is 1. The maximum Gasteiger partial charge on any atom is 0.227 e. The average molecular weight is 336 g/mol. The average Bonchev–Trinajstić information content (AvgIpc) is 2.58. The van der Waals surface area contributed by atoms with E-state index in [4.69, 9.17) is 0 Å². The summed E-state index contributed by atoms with van der Waals surface area (Å²) >= 11 is 0. The molecule has 0 saturated carbocycles. The zero-order chi connectivity index (χ0) is 18.0. The van der Waals surface area contributed by atoms with E-state index in [1.165, 1.54) is 22.4 Å². The number of hydrogen-bond donors (Lipinski definition) is 1. The molecule has 1 amide bonds. The van der Waals surface area contributed by atoms with Crippen LogP contribution in [0.15, 0.2) is 42.5 Å². The lowest BCUT2D eigenvalue weighted by molar-refractivity contribution is -0.119. The van der Waals surface area contributed by atoms with Crippen LogP contribution in [0.1, 0.15) is 55.8 Å². The van der Waals surface area contributed by atoms with E-state index in [9.17, 15) is 4.79 Å². The predicted octanol–water partition coefficient (Wildman–Crippen LogP) is 5.38. The van der Waals surface area contributed by atoms with Crippen molar-refractivity contribution in [1.82, 2.24) is 0 Å². The maximum atomic E-state index is 12.7. The number of carbonyl (C=O) groups is 1. The van der Waals surface area contributed by atoms with Crippen LogP contribution in [0.5, 0.6) is 0 Å². The second-order valence-electron chi connectivity index (χ2n) is 7.12. The third kappa shape index (κ3) is 3.41. The summed E-state index contributed by atoms with van der Waals surface area (Å²) in [6.45, 7) is 8.46. The minimum atomic E-state index is 0.189. The van der Waals surface area contributed by atoms with Crippen LogP contribution in [0.25, 0.3) is 0 Å². The fourth-order valence-corrected chi connectivity index (χ4v) is 3.85. The molecule has 0 spiro atoms. The number of hydrogen-bond acceptors (Lipinski definition) is 2. The number of rotatable bonds is 4. The first kappa shape index (κ1) is 17.5. The van der Waals surface area contributed by atoms with Crippen LogP contribution in [0.3, 0.4) is 0 Å². The summed E-state index contributed by atoms with van der Waals surface area (Å²) in [7, 11) is 0. The molecule has 2 aromatic rings. The van der Waals surface area contributed by atoms with E-state index in [2.05, 4.69) is 75.5 Å². The van der Waals surface area contributed by atoms with Gasteiger partial charge in [0.15, 0.2) is 0 Å². The molecule has 2 aromatic carbocycles. The van der Waals surface area contributed by atoms with Gasteiger partial charge in [0.25, 0.3) is 0 Å². The summed E-state index contributed by atoms with van der Waals surface area (Å²) < 4.78 is 0. The summed E-state index contributed by atoms with van der Waals surface area (Å²) in [5.74, 6) is 0.236. The number of nitrogens with zero attached hydrogens (tertiary/aromatic N) is 1. The normalized spacial score (nSPS) is 19.4. The Labute approximate surface area is 151 Å². The maximum absolute atomic E-state index is 12.7. The molecule has 0 aromatic heterocycles. The van der Waals surface area contributed by atoms with E-state index in [-0.39, 0.29) is 18.0 Å². The van der Waals surface area contributed by atoms with Crippen LogP contribution < -0.4 is 10.2 Å². The molecule has 132 valence electrons. The first-order chi connectivity index (χ1) is 12.0. The largest absolute Gasteiger partial charge is 0.378 e. The van der Waals surface area contributed by atoms with Gasteiger partial charge in [-0.1, -0.05) is 43.3 Å². The Balaban J connectivity index is 2.00. The van der Waals surface area contributed by atoms with Gasteiger partial charge in [-0.25, -0.2) is 0 Å². The lowest BCUT2D eigenvalue weighted by Crippen LogP contribution is -2.44. The van der Waals surface area contributed by atoms with Crippen molar-refractivity contribution in [3.05, 3.63) is 59.2 Å². The van der Waals surface area contributed by atoms with E-state index in [1.807, 2.05) is 4.90 Å². The summed E-state index contributed by atoms with van der Waals surface area (Å²) in [5.41, 5.74) is 5.91. The Morgan fingerprint density at radius 3 is 2.56 bits per heavy atom. The van der Waals surface area contributed by atoms with Crippen molar-refractivity contribution in [2.24, 2.45) is 0 Å². The van der Waals surface area contributed by atoms with Crippen molar-refractivity contribution in [3.63, 3.8) is 0 Å². The molecule has 1 aliphatic rings. The number of anilines is 2. The van der Waals surface area contributed by atoms with Gasteiger partial charge in [0, 0.05) is 18.2 Å². The number of nitrogens with one attached hydrogen (secondary N) is 1. The summed E-state index contributed by atoms with van der Waals surface area (Å²) in [5, 5.41) is 3.72. The molecule has 1 N–H and O–H groups in total. The lowest BCUT2D eigenvalue weighted by atomic mass is 9.89. The van der Waals surface area contributed by atoms with Gasteiger partial charge in [-0.15, -0.1) is 0 Å². The molecule has 0 radical (unpaired) electrons. The highest BCUT2D eigenvalue weighted by Gasteiger charge is 2.34. The molecule has 0 saturated heterocycles. The van der Waals surface area contributed by atoms with Gasteiger partial charge in [-0.05, 0) is 56.4 Å². The summed E-state index contributed by atoms with van der Waals surface area (Å²) in [6.07, 6.45) is 2.41. The van der Waals surface area contributed by atoms with Gasteiger partial charge in [0.05, 0.1) is 11.7 Å². The minimum Gasteiger partial charge on any atom is -0.378 e. The summed E-state index contributed by atoms with van der Waals surface area (Å²) in [6, 6.07) is 15.2. The number of amides is 1. The molecule has 2 atom stereocenters. The second-order valence-corrected chi connectivity index (χ2v) is 7.12. The zero-order valence-corrected chi connectivity index (χ0v) is 15.7. The Bertz CT molecular complexity index is 768. The molecule has 25 heavy (non-hydrogen) atoms. The molecule has 1 heterocycles. The van der Waals surface area contributed by atoms with Crippen molar-refractivity contribution in [1.29, 1.82) is 0 Å². The van der Waals surface area contributed by atoms with E-state index in [0.717, 1.165) is 18.5 Å². The van der Waals surface area contributed by atoms with Crippen LogP contribution in [0.2, 0.25) is 0 Å². The molecule has 1 aliphatic heterocycles. The van der Waals surface area contributed by atoms with Crippen LogP contribution in [0, 0.1) is 13.8 Å². The Kier molecular flexibility index (Phi) is 5.12. The molecule has 0 bridgehead atoms. The number of para-hydroxylation sites is 2. The monoisotopic (exact) mass is 336 g/mol. The lowest BCUT2D eigenvalue weighted by Gasteiger charge is -2.41. The van der Waals surface area contributed by atoms with Gasteiger partial charge in [-0.2, -0.15) is 0 Å². The fourth-order valence-electron chi connectivity index (χ4n) is 3.85. The highest BCUT2D eigenvalue weighted by Crippen LogP contribution is 2.41. The van der Waals surface area contributed by atoms with Crippen molar-refractivity contribution in [2.45, 2.75) is 59.0 Å². The Hall–Kier alpha value is -2.29. The van der Waals surface area contributed by atoms with Crippen LogP contribution in [-0.4, -0.2) is 11.9 Å². The highest BCUT2D eigenvalue weighted by molar-refractivity contribution is 5.96. The quantitative estimate of drug-likeness (QED) is 0.812. The topological polar surface area (TPSA) is 32.3 Å². The number of benzene rings is 2. The van der Waals surface area contributed by atoms with Gasteiger partial charge in [-0.3, -0.25) is 4.79 Å². The van der Waals surface area contributed by atoms with Crippen molar-refractivity contribution in [3.8, 4) is 0 Å². The van der Waals surface area contributed by atoms with Gasteiger partial charge in [0.2, 0.25) is 5.91 Å². The highest BCUT2D eigenvalue weighted by atomic mass is 16.2.